The number of pyridine rings is 1. The normalized spacial score (nSPS) is 10.0. The molecule has 1 aromatic heterocycles. The van der Waals surface area contributed by atoms with Gasteiger partial charge in [0.15, 0.2) is 0 Å². The van der Waals surface area contributed by atoms with Gasteiger partial charge in [-0.15, -0.1) is 0 Å². The molecule has 1 aromatic carbocycles. The highest BCUT2D eigenvalue weighted by molar-refractivity contribution is 6.35. The van der Waals surface area contributed by atoms with Gasteiger partial charge < -0.3 is 10.1 Å². The second-order valence-electron chi connectivity index (χ2n) is 4.01. The summed E-state index contributed by atoms with van der Waals surface area (Å²) in [7, 11) is 1.24. The van der Waals surface area contributed by atoms with Crippen LogP contribution in [-0.4, -0.2) is 24.0 Å². The van der Waals surface area contributed by atoms with Gasteiger partial charge >= 0.3 is 5.97 Å². The van der Waals surface area contributed by atoms with E-state index in [0.29, 0.717) is 15.7 Å². The number of hydrogen-bond acceptors (Lipinski definition) is 4. The topological polar surface area (TPSA) is 68.3 Å². The van der Waals surface area contributed by atoms with Crippen molar-refractivity contribution in [3.05, 3.63) is 57.8 Å². The van der Waals surface area contributed by atoms with Crippen LogP contribution >= 0.6 is 23.2 Å². The van der Waals surface area contributed by atoms with Gasteiger partial charge in [0, 0.05) is 15.7 Å². The molecule has 0 spiro atoms. The van der Waals surface area contributed by atoms with Gasteiger partial charge in [-0.05, 0) is 30.3 Å². The smallest absolute Gasteiger partial charge is 0.356 e. The van der Waals surface area contributed by atoms with Gasteiger partial charge in [-0.2, -0.15) is 0 Å². The minimum Gasteiger partial charge on any atom is -0.464 e. The number of amides is 1. The zero-order valence-electron chi connectivity index (χ0n) is 10.9. The Labute approximate surface area is 130 Å². The first-order valence-electron chi connectivity index (χ1n) is 5.82. The first-order valence-corrected chi connectivity index (χ1v) is 6.58. The molecule has 1 amide bonds. The van der Waals surface area contributed by atoms with Gasteiger partial charge in [0.2, 0.25) is 0 Å². The molecule has 0 bridgehead atoms. The van der Waals surface area contributed by atoms with Crippen LogP contribution in [0.2, 0.25) is 10.0 Å². The van der Waals surface area contributed by atoms with Gasteiger partial charge in [-0.1, -0.05) is 29.3 Å². The number of carbonyl (C=O) groups excluding carboxylic acids is 2. The van der Waals surface area contributed by atoms with Crippen molar-refractivity contribution in [3.63, 3.8) is 0 Å². The maximum Gasteiger partial charge on any atom is 0.356 e. The van der Waals surface area contributed by atoms with Crippen molar-refractivity contribution in [2.75, 3.05) is 12.4 Å². The second kappa shape index (κ2) is 6.56. The Bertz CT molecular complexity index is 684. The van der Waals surface area contributed by atoms with Crippen LogP contribution < -0.4 is 5.32 Å². The quantitative estimate of drug-likeness (QED) is 0.878. The highest BCUT2D eigenvalue weighted by Gasteiger charge is 2.13. The fourth-order valence-corrected chi connectivity index (χ4v) is 2.13. The van der Waals surface area contributed by atoms with Gasteiger partial charge in [0.05, 0.1) is 7.11 Å². The van der Waals surface area contributed by atoms with Crippen molar-refractivity contribution in [2.24, 2.45) is 0 Å². The molecule has 0 saturated carbocycles. The molecule has 108 valence electrons. The SMILES string of the molecule is COC(=O)c1cccc(C(=O)Nc2cc(Cl)cc(Cl)c2)n1. The van der Waals surface area contributed by atoms with E-state index >= 15 is 0 Å². The largest absolute Gasteiger partial charge is 0.464 e. The van der Waals surface area contributed by atoms with Crippen LogP contribution in [-0.2, 0) is 4.74 Å². The first kappa shape index (κ1) is 15.3. The molecule has 0 fully saturated rings. The van der Waals surface area contributed by atoms with Crippen LogP contribution in [0.1, 0.15) is 21.0 Å². The number of nitrogens with zero attached hydrogens (tertiary/aromatic N) is 1. The van der Waals surface area contributed by atoms with E-state index in [2.05, 4.69) is 15.0 Å². The van der Waals surface area contributed by atoms with Gasteiger partial charge in [-0.25, -0.2) is 9.78 Å². The third kappa shape index (κ3) is 3.93. The summed E-state index contributed by atoms with van der Waals surface area (Å²) < 4.78 is 4.55. The Balaban J connectivity index is 2.22. The van der Waals surface area contributed by atoms with E-state index in [0.717, 1.165) is 0 Å². The number of hydrogen-bond donors (Lipinski definition) is 1. The maximum atomic E-state index is 12.1. The third-order valence-electron chi connectivity index (χ3n) is 2.50. The average Bonchev–Trinajstić information content (AvgIpc) is 2.45. The monoisotopic (exact) mass is 324 g/mol. The van der Waals surface area contributed by atoms with E-state index in [9.17, 15) is 9.59 Å². The zero-order chi connectivity index (χ0) is 15.4. The summed E-state index contributed by atoms with van der Waals surface area (Å²) in [6, 6.07) is 9.13. The number of carbonyl (C=O) groups is 2. The standard InChI is InChI=1S/C14H10Cl2N2O3/c1-21-14(20)12-4-2-3-11(18-12)13(19)17-10-6-8(15)5-9(16)7-10/h2-7H,1H3,(H,17,19). The molecule has 0 aliphatic carbocycles. The fraction of sp³-hybridized carbons (Fsp3) is 0.0714. The average molecular weight is 325 g/mol. The maximum absolute atomic E-state index is 12.1. The molecule has 1 heterocycles. The number of halogens is 2. The highest BCUT2D eigenvalue weighted by atomic mass is 35.5. The van der Waals surface area contributed by atoms with Crippen LogP contribution in [0.3, 0.4) is 0 Å². The lowest BCUT2D eigenvalue weighted by Gasteiger charge is -2.06. The van der Waals surface area contributed by atoms with Crippen molar-refractivity contribution in [2.45, 2.75) is 0 Å². The molecule has 0 saturated heterocycles. The Morgan fingerprint density at radius 1 is 1.10 bits per heavy atom. The minimum absolute atomic E-state index is 0.0503. The minimum atomic E-state index is -0.615. The lowest BCUT2D eigenvalue weighted by atomic mass is 10.2. The van der Waals surface area contributed by atoms with Crippen molar-refractivity contribution >= 4 is 40.8 Å². The summed E-state index contributed by atoms with van der Waals surface area (Å²) in [4.78, 5) is 27.4. The number of esters is 1. The van der Waals surface area contributed by atoms with Gasteiger partial charge in [-0.3, -0.25) is 4.79 Å². The van der Waals surface area contributed by atoms with Crippen LogP contribution in [0, 0.1) is 0 Å². The molecule has 1 N–H and O–H groups in total. The first-order chi connectivity index (χ1) is 9.99. The van der Waals surface area contributed by atoms with Crippen LogP contribution in [0.5, 0.6) is 0 Å². The Kier molecular flexibility index (Phi) is 4.77. The lowest BCUT2D eigenvalue weighted by Crippen LogP contribution is -2.16. The van der Waals surface area contributed by atoms with Crippen LogP contribution in [0.15, 0.2) is 36.4 Å². The van der Waals surface area contributed by atoms with Crippen LogP contribution in [0.25, 0.3) is 0 Å². The summed E-state index contributed by atoms with van der Waals surface area (Å²) in [6.07, 6.45) is 0. The third-order valence-corrected chi connectivity index (χ3v) is 2.93. The van der Waals surface area contributed by atoms with Crippen LogP contribution in [0.4, 0.5) is 5.69 Å². The number of ether oxygens (including phenoxy) is 1. The Morgan fingerprint density at radius 3 is 2.33 bits per heavy atom. The predicted molar refractivity (Wildman–Crippen MR) is 80.0 cm³/mol. The summed E-state index contributed by atoms with van der Waals surface area (Å²) >= 11 is 11.7. The number of methoxy groups -OCH3 is 1. The molecule has 0 aliphatic rings. The molecule has 21 heavy (non-hydrogen) atoms. The lowest BCUT2D eigenvalue weighted by molar-refractivity contribution is 0.0594. The van der Waals surface area contributed by atoms with E-state index in [1.54, 1.807) is 24.3 Å². The molecule has 2 rings (SSSR count). The van der Waals surface area contributed by atoms with Crippen molar-refractivity contribution in [1.29, 1.82) is 0 Å². The summed E-state index contributed by atoms with van der Waals surface area (Å²) in [6.45, 7) is 0. The van der Waals surface area contributed by atoms with E-state index in [1.165, 1.54) is 19.2 Å². The van der Waals surface area contributed by atoms with Gasteiger partial charge in [0.1, 0.15) is 11.4 Å². The number of aromatic nitrogens is 1. The van der Waals surface area contributed by atoms with Crippen molar-refractivity contribution in [1.82, 2.24) is 4.98 Å². The highest BCUT2D eigenvalue weighted by Crippen LogP contribution is 2.22. The van der Waals surface area contributed by atoms with Crippen molar-refractivity contribution in [3.8, 4) is 0 Å². The number of rotatable bonds is 3. The molecule has 2 aromatic rings. The van der Waals surface area contributed by atoms with Crippen molar-refractivity contribution < 1.29 is 14.3 Å². The molecule has 7 heteroatoms. The van der Waals surface area contributed by atoms with E-state index in [-0.39, 0.29) is 11.4 Å². The predicted octanol–water partition coefficient (Wildman–Crippen LogP) is 3.43. The molecule has 0 radical (unpaired) electrons. The Hall–Kier alpha value is -2.11. The second-order valence-corrected chi connectivity index (χ2v) is 4.88. The van der Waals surface area contributed by atoms with E-state index < -0.39 is 11.9 Å². The fourth-order valence-electron chi connectivity index (χ4n) is 1.60. The molecule has 0 atom stereocenters. The molecular weight excluding hydrogens is 315 g/mol. The number of anilines is 1. The molecule has 0 unspecified atom stereocenters. The number of benzene rings is 1. The van der Waals surface area contributed by atoms with E-state index in [1.807, 2.05) is 0 Å². The number of nitrogens with one attached hydrogen (secondary N) is 1. The molecule has 5 nitrogen and oxygen atoms in total. The van der Waals surface area contributed by atoms with Gasteiger partial charge in [0.25, 0.3) is 5.91 Å². The molecule has 0 aliphatic heterocycles. The van der Waals surface area contributed by atoms with E-state index in [4.69, 9.17) is 23.2 Å². The summed E-state index contributed by atoms with van der Waals surface area (Å²) in [5.41, 5.74) is 0.561. The summed E-state index contributed by atoms with van der Waals surface area (Å²) in [5, 5.41) is 3.40. The molecular formula is C14H10Cl2N2O3. The Morgan fingerprint density at radius 2 is 1.71 bits per heavy atom. The summed E-state index contributed by atoms with van der Waals surface area (Å²) in [5.74, 6) is -1.10. The zero-order valence-corrected chi connectivity index (χ0v) is 12.4.